The van der Waals surface area contributed by atoms with E-state index in [9.17, 15) is 9.59 Å². The molecule has 4 aromatic rings. The molecule has 7 rings (SSSR count). The minimum atomic E-state index is -0.394. The molecule has 0 spiro atoms. The molecule has 2 amide bonds. The lowest BCUT2D eigenvalue weighted by Crippen LogP contribution is -2.45. The number of nitrogens with zero attached hydrogens (tertiary/aromatic N) is 3. The van der Waals surface area contributed by atoms with E-state index in [1.54, 1.807) is 7.11 Å². The van der Waals surface area contributed by atoms with Crippen molar-refractivity contribution in [3.8, 4) is 28.4 Å². The summed E-state index contributed by atoms with van der Waals surface area (Å²) in [5.74, 6) is 2.46. The molecule has 4 heterocycles. The SMILES string of the molecule is COc1cc2ccc1O[C@H]1CN(Cc3noc(C(C)C)n3)C[C@@H]1NC(=O)c1ccc(C)c(c1)-c1cccc(c1)OCC(=O)NC2. The fourth-order valence-electron chi connectivity index (χ4n) is 5.57. The first-order chi connectivity index (χ1) is 21.7. The van der Waals surface area contributed by atoms with Gasteiger partial charge in [-0.15, -0.1) is 0 Å². The van der Waals surface area contributed by atoms with Gasteiger partial charge in [-0.25, -0.2) is 0 Å². The van der Waals surface area contributed by atoms with E-state index < -0.39 is 6.10 Å². The van der Waals surface area contributed by atoms with E-state index in [2.05, 4.69) is 25.7 Å². The van der Waals surface area contributed by atoms with Crippen molar-refractivity contribution in [3.63, 3.8) is 0 Å². The summed E-state index contributed by atoms with van der Waals surface area (Å²) in [4.78, 5) is 33.0. The van der Waals surface area contributed by atoms with Gasteiger partial charge < -0.3 is 29.4 Å². The van der Waals surface area contributed by atoms with Crippen molar-refractivity contribution in [1.29, 1.82) is 0 Å². The Kier molecular flexibility index (Phi) is 8.70. The molecule has 2 atom stereocenters. The van der Waals surface area contributed by atoms with Crippen molar-refractivity contribution >= 4 is 11.8 Å². The summed E-state index contributed by atoms with van der Waals surface area (Å²) < 4.78 is 23.4. The van der Waals surface area contributed by atoms with Crippen molar-refractivity contribution in [2.45, 2.75) is 51.9 Å². The first-order valence-electron chi connectivity index (χ1n) is 15.1. The Morgan fingerprint density at radius 3 is 2.71 bits per heavy atom. The summed E-state index contributed by atoms with van der Waals surface area (Å²) in [6.07, 6.45) is -0.394. The highest BCUT2D eigenvalue weighted by atomic mass is 16.5. The van der Waals surface area contributed by atoms with Crippen LogP contribution in [0, 0.1) is 6.92 Å². The number of carbonyl (C=O) groups excluding carboxylic acids is 2. The number of methoxy groups -OCH3 is 1. The third-order valence-corrected chi connectivity index (χ3v) is 8.01. The molecule has 1 aromatic heterocycles. The van der Waals surface area contributed by atoms with Gasteiger partial charge in [0.05, 0.1) is 19.7 Å². The van der Waals surface area contributed by atoms with Crippen LogP contribution < -0.4 is 24.8 Å². The fourth-order valence-corrected chi connectivity index (χ4v) is 5.57. The maximum absolute atomic E-state index is 13.7. The van der Waals surface area contributed by atoms with Gasteiger partial charge in [-0.05, 0) is 65.6 Å². The van der Waals surface area contributed by atoms with Crippen LogP contribution >= 0.6 is 0 Å². The Morgan fingerprint density at radius 1 is 1.04 bits per heavy atom. The lowest BCUT2D eigenvalue weighted by molar-refractivity contribution is -0.123. The predicted octanol–water partition coefficient (Wildman–Crippen LogP) is 4.25. The van der Waals surface area contributed by atoms with E-state index in [0.29, 0.717) is 60.7 Å². The normalized spacial score (nSPS) is 18.9. The zero-order valence-electron chi connectivity index (χ0n) is 25.8. The molecule has 0 unspecified atom stereocenters. The number of nitrogens with one attached hydrogen (secondary N) is 2. The van der Waals surface area contributed by atoms with E-state index in [1.807, 2.05) is 81.4 Å². The van der Waals surface area contributed by atoms with Crippen molar-refractivity contribution < 1.29 is 28.3 Å². The molecule has 0 aliphatic carbocycles. The number of rotatable bonds is 4. The van der Waals surface area contributed by atoms with Gasteiger partial charge >= 0.3 is 0 Å². The smallest absolute Gasteiger partial charge is 0.258 e. The number of amides is 2. The maximum atomic E-state index is 13.7. The van der Waals surface area contributed by atoms with Crippen LogP contribution in [0.5, 0.6) is 17.2 Å². The molecule has 1 fully saturated rings. The van der Waals surface area contributed by atoms with Gasteiger partial charge in [0.2, 0.25) is 5.89 Å². The van der Waals surface area contributed by atoms with E-state index in [0.717, 1.165) is 22.3 Å². The van der Waals surface area contributed by atoms with Gasteiger partial charge in [-0.3, -0.25) is 14.5 Å². The van der Waals surface area contributed by atoms with Crippen LogP contribution in [0.2, 0.25) is 0 Å². The number of aromatic nitrogens is 2. The molecule has 3 aliphatic heterocycles. The fraction of sp³-hybridized carbons (Fsp3) is 0.353. The molecule has 3 aliphatic rings. The minimum Gasteiger partial charge on any atom is -0.493 e. The summed E-state index contributed by atoms with van der Waals surface area (Å²) in [6.45, 7) is 7.65. The number of fused-ring (bicyclic) bond motifs is 7. The van der Waals surface area contributed by atoms with E-state index >= 15 is 0 Å². The molecule has 6 bridgehead atoms. The number of carbonyl (C=O) groups is 2. The Balaban J connectivity index is 1.33. The Labute approximate surface area is 261 Å². The predicted molar refractivity (Wildman–Crippen MR) is 166 cm³/mol. The molecule has 3 aromatic carbocycles. The van der Waals surface area contributed by atoms with Crippen LogP contribution in [-0.2, 0) is 17.9 Å². The Morgan fingerprint density at radius 2 is 1.91 bits per heavy atom. The number of likely N-dealkylation sites (tertiary alicyclic amines) is 1. The molecule has 11 nitrogen and oxygen atoms in total. The molecule has 2 N–H and O–H groups in total. The van der Waals surface area contributed by atoms with Gasteiger partial charge in [0.25, 0.3) is 11.8 Å². The zero-order chi connectivity index (χ0) is 31.5. The standard InChI is InChI=1S/C34H37N5O6/c1-20(2)34-37-31(38-45-34)18-39-16-27-30(17-39)44-28-11-9-22(12-29(28)42-4)15-35-32(40)19-43-25-7-5-6-23(13-25)26-14-24(33(41)36-27)10-8-21(26)3/h5-14,20,27,30H,15-19H2,1-4H3,(H,35,40)(H,36,41)/t27-,30-/m0/s1. The zero-order valence-corrected chi connectivity index (χ0v) is 25.8. The van der Waals surface area contributed by atoms with Crippen LogP contribution in [-0.4, -0.2) is 65.8 Å². The largest absolute Gasteiger partial charge is 0.493 e. The molecule has 0 radical (unpaired) electrons. The molecule has 1 saturated heterocycles. The second kappa shape index (κ2) is 13.0. The quantitative estimate of drug-likeness (QED) is 0.348. The molecule has 0 saturated carbocycles. The highest BCUT2D eigenvalue weighted by Gasteiger charge is 2.37. The number of aryl methyl sites for hydroxylation is 1. The number of hydrogen-bond donors (Lipinski definition) is 2. The second-order valence-corrected chi connectivity index (χ2v) is 11.7. The van der Waals surface area contributed by atoms with Crippen LogP contribution in [0.1, 0.15) is 53.0 Å². The Hall–Kier alpha value is -4.90. The van der Waals surface area contributed by atoms with Gasteiger partial charge in [0, 0.05) is 31.1 Å². The van der Waals surface area contributed by atoms with Gasteiger partial charge in [-0.2, -0.15) is 4.98 Å². The first kappa shape index (κ1) is 30.1. The summed E-state index contributed by atoms with van der Waals surface area (Å²) in [6, 6.07) is 18.3. The van der Waals surface area contributed by atoms with Crippen molar-refractivity contribution in [2.24, 2.45) is 0 Å². The van der Waals surface area contributed by atoms with Gasteiger partial charge in [0.1, 0.15) is 11.9 Å². The lowest BCUT2D eigenvalue weighted by Gasteiger charge is -2.23. The lowest BCUT2D eigenvalue weighted by atomic mass is 9.97. The molecule has 234 valence electrons. The average Bonchev–Trinajstić information content (AvgIpc) is 3.66. The minimum absolute atomic E-state index is 0.129. The number of benzene rings is 3. The topological polar surface area (TPSA) is 128 Å². The summed E-state index contributed by atoms with van der Waals surface area (Å²) in [5, 5.41) is 10.3. The second-order valence-electron chi connectivity index (χ2n) is 11.7. The van der Waals surface area contributed by atoms with Crippen LogP contribution in [0.4, 0.5) is 0 Å². The van der Waals surface area contributed by atoms with Crippen molar-refractivity contribution in [2.75, 3.05) is 26.8 Å². The van der Waals surface area contributed by atoms with Gasteiger partial charge in [-0.1, -0.05) is 43.3 Å². The Bertz CT molecular complexity index is 1700. The summed E-state index contributed by atoms with van der Waals surface area (Å²) >= 11 is 0. The summed E-state index contributed by atoms with van der Waals surface area (Å²) in [7, 11) is 1.57. The van der Waals surface area contributed by atoms with Crippen LogP contribution in [0.25, 0.3) is 11.1 Å². The molecule has 45 heavy (non-hydrogen) atoms. The monoisotopic (exact) mass is 611 g/mol. The third kappa shape index (κ3) is 6.93. The van der Waals surface area contributed by atoms with E-state index in [-0.39, 0.29) is 30.4 Å². The van der Waals surface area contributed by atoms with Crippen LogP contribution in [0.15, 0.2) is 65.2 Å². The number of ether oxygens (including phenoxy) is 3. The average molecular weight is 612 g/mol. The van der Waals surface area contributed by atoms with Crippen molar-refractivity contribution in [1.82, 2.24) is 25.7 Å². The van der Waals surface area contributed by atoms with Gasteiger partial charge in [0.15, 0.2) is 23.9 Å². The summed E-state index contributed by atoms with van der Waals surface area (Å²) in [5.41, 5.74) is 4.15. The van der Waals surface area contributed by atoms with E-state index in [4.69, 9.17) is 18.7 Å². The number of hydrogen-bond acceptors (Lipinski definition) is 9. The third-order valence-electron chi connectivity index (χ3n) is 8.01. The van der Waals surface area contributed by atoms with Crippen molar-refractivity contribution in [3.05, 3.63) is 89.1 Å². The van der Waals surface area contributed by atoms with Crippen LogP contribution in [0.3, 0.4) is 0 Å². The molecular weight excluding hydrogens is 574 g/mol. The van der Waals surface area contributed by atoms with E-state index in [1.165, 1.54) is 0 Å². The molecular formula is C34H37N5O6. The first-order valence-corrected chi connectivity index (χ1v) is 15.1. The highest BCUT2D eigenvalue weighted by molar-refractivity contribution is 5.96. The molecule has 11 heteroatoms. The highest BCUT2D eigenvalue weighted by Crippen LogP contribution is 2.32. The maximum Gasteiger partial charge on any atom is 0.258 e.